The molecule has 4 rings (SSSR count). The van der Waals surface area contributed by atoms with Gasteiger partial charge in [-0.05, 0) is 66.9 Å². The number of carbonyl (C=O) groups excluding carboxylic acids is 2. The summed E-state index contributed by atoms with van der Waals surface area (Å²) in [6.45, 7) is 3.22. The van der Waals surface area contributed by atoms with Crippen LogP contribution >= 0.6 is 0 Å². The van der Waals surface area contributed by atoms with Crippen molar-refractivity contribution in [1.82, 2.24) is 9.88 Å². The first-order chi connectivity index (χ1) is 17.0. The lowest BCUT2D eigenvalue weighted by atomic mass is 9.95. The molecule has 9 heteroatoms. The van der Waals surface area contributed by atoms with Crippen LogP contribution in [0.3, 0.4) is 0 Å². The van der Waals surface area contributed by atoms with Crippen LogP contribution in [0.1, 0.15) is 39.6 Å². The Hall–Kier alpha value is -4.14. The van der Waals surface area contributed by atoms with Gasteiger partial charge in [0, 0.05) is 18.3 Å². The van der Waals surface area contributed by atoms with Gasteiger partial charge in [0.25, 0.3) is 11.7 Å². The number of methoxy groups -OCH3 is 1. The van der Waals surface area contributed by atoms with Crippen molar-refractivity contribution >= 4 is 17.4 Å². The third-order valence-electron chi connectivity index (χ3n) is 6.11. The van der Waals surface area contributed by atoms with Crippen molar-refractivity contribution in [1.29, 1.82) is 0 Å². The molecule has 0 spiro atoms. The van der Waals surface area contributed by atoms with Crippen molar-refractivity contribution in [2.45, 2.75) is 32.6 Å². The van der Waals surface area contributed by atoms with Gasteiger partial charge in [-0.15, -0.1) is 0 Å². The van der Waals surface area contributed by atoms with Crippen LogP contribution in [0.2, 0.25) is 0 Å². The van der Waals surface area contributed by atoms with E-state index < -0.39 is 35.2 Å². The predicted octanol–water partition coefficient (Wildman–Crippen LogP) is 5.35. The van der Waals surface area contributed by atoms with Gasteiger partial charge in [-0.1, -0.05) is 18.2 Å². The molecule has 0 saturated carbocycles. The molecule has 186 valence electrons. The Labute approximate surface area is 205 Å². The standard InChI is InChI=1S/C27H23F3N2O4/c1-15-12-21(36-3)16(2)11-19(15)24(33)22-23(20-9-4-5-10-31-20)32(26(35)25(22)34)14-17-7-6-8-18(13-17)27(28,29)30/h4-13,23,33H,14H2,1-3H3/b24-22+. The Balaban J connectivity index is 1.86. The number of halogens is 3. The SMILES string of the molecule is COc1cc(C)c(/C(O)=C2\C(=O)C(=O)N(Cc3cccc(C(F)(F)F)c3)C2c2ccccn2)cc1C. The van der Waals surface area contributed by atoms with E-state index in [9.17, 15) is 27.9 Å². The second-order valence-electron chi connectivity index (χ2n) is 8.52. The molecule has 1 atom stereocenters. The monoisotopic (exact) mass is 496 g/mol. The van der Waals surface area contributed by atoms with Crippen molar-refractivity contribution in [3.05, 3.63) is 99.9 Å². The lowest BCUT2D eigenvalue weighted by Gasteiger charge is -2.25. The van der Waals surface area contributed by atoms with E-state index in [0.29, 0.717) is 28.1 Å². The maximum atomic E-state index is 13.2. The molecule has 2 aromatic carbocycles. The number of aliphatic hydroxyl groups is 1. The van der Waals surface area contributed by atoms with Gasteiger partial charge in [0.1, 0.15) is 17.6 Å². The Morgan fingerprint density at radius 3 is 2.44 bits per heavy atom. The number of pyridine rings is 1. The third kappa shape index (κ3) is 4.56. The highest BCUT2D eigenvalue weighted by molar-refractivity contribution is 6.46. The van der Waals surface area contributed by atoms with Crippen molar-refractivity contribution < 1.29 is 32.6 Å². The topological polar surface area (TPSA) is 79.7 Å². The molecule has 1 aliphatic heterocycles. The van der Waals surface area contributed by atoms with Crippen molar-refractivity contribution in [2.24, 2.45) is 0 Å². The van der Waals surface area contributed by atoms with E-state index in [-0.39, 0.29) is 17.7 Å². The number of ketones is 1. The Morgan fingerprint density at radius 1 is 1.06 bits per heavy atom. The molecule has 0 aliphatic carbocycles. The maximum Gasteiger partial charge on any atom is 0.416 e. The molecule has 1 fully saturated rings. The largest absolute Gasteiger partial charge is 0.507 e. The molecular formula is C27H23F3N2O4. The molecule has 1 aromatic heterocycles. The van der Waals surface area contributed by atoms with E-state index >= 15 is 0 Å². The van der Waals surface area contributed by atoms with Gasteiger partial charge in [-0.25, -0.2) is 0 Å². The summed E-state index contributed by atoms with van der Waals surface area (Å²) in [5.74, 6) is -1.68. The van der Waals surface area contributed by atoms with E-state index in [1.54, 1.807) is 44.2 Å². The highest BCUT2D eigenvalue weighted by Crippen LogP contribution is 2.41. The number of amides is 1. The highest BCUT2D eigenvalue weighted by Gasteiger charge is 2.47. The molecule has 6 nitrogen and oxygen atoms in total. The van der Waals surface area contributed by atoms with Crippen LogP contribution in [0.15, 0.2) is 66.4 Å². The van der Waals surface area contributed by atoms with Crippen LogP contribution < -0.4 is 4.74 Å². The molecule has 1 amide bonds. The van der Waals surface area contributed by atoms with Gasteiger partial charge in [-0.3, -0.25) is 14.6 Å². The molecule has 3 aromatic rings. The number of benzene rings is 2. The summed E-state index contributed by atoms with van der Waals surface area (Å²) in [7, 11) is 1.52. The minimum absolute atomic E-state index is 0.182. The number of aryl methyl sites for hydroxylation is 2. The van der Waals surface area contributed by atoms with Gasteiger partial charge in [0.15, 0.2) is 0 Å². The fraction of sp³-hybridized carbons (Fsp3) is 0.222. The number of carbonyl (C=O) groups is 2. The zero-order valence-corrected chi connectivity index (χ0v) is 19.8. The first-order valence-electron chi connectivity index (χ1n) is 11.0. The van der Waals surface area contributed by atoms with Crippen LogP contribution in [0.25, 0.3) is 5.76 Å². The maximum absolute atomic E-state index is 13.2. The van der Waals surface area contributed by atoms with Crippen LogP contribution in [0.5, 0.6) is 5.75 Å². The Morgan fingerprint density at radius 2 is 1.81 bits per heavy atom. The summed E-state index contributed by atoms with van der Waals surface area (Å²) in [6, 6.07) is 11.7. The summed E-state index contributed by atoms with van der Waals surface area (Å²) in [4.78, 5) is 31.8. The molecule has 2 heterocycles. The van der Waals surface area contributed by atoms with Crippen molar-refractivity contribution in [3.8, 4) is 5.75 Å². The molecule has 1 saturated heterocycles. The molecule has 1 N–H and O–H groups in total. The minimum atomic E-state index is -4.56. The summed E-state index contributed by atoms with van der Waals surface area (Å²) in [6.07, 6.45) is -3.09. The molecule has 0 bridgehead atoms. The average Bonchev–Trinajstić information content (AvgIpc) is 3.10. The molecular weight excluding hydrogens is 473 g/mol. The number of rotatable bonds is 5. The van der Waals surface area contributed by atoms with Crippen LogP contribution in [0.4, 0.5) is 13.2 Å². The van der Waals surface area contributed by atoms with E-state index in [1.165, 1.54) is 25.4 Å². The van der Waals surface area contributed by atoms with Crippen LogP contribution in [-0.2, 0) is 22.3 Å². The quantitative estimate of drug-likeness (QED) is 0.293. The van der Waals surface area contributed by atoms with E-state index in [0.717, 1.165) is 17.0 Å². The van der Waals surface area contributed by atoms with Gasteiger partial charge in [-0.2, -0.15) is 13.2 Å². The number of hydrogen-bond acceptors (Lipinski definition) is 5. The summed E-state index contributed by atoms with van der Waals surface area (Å²) < 4.78 is 45.1. The first-order valence-corrected chi connectivity index (χ1v) is 11.0. The second kappa shape index (κ2) is 9.49. The van der Waals surface area contributed by atoms with Crippen molar-refractivity contribution in [2.75, 3.05) is 7.11 Å². The van der Waals surface area contributed by atoms with Crippen LogP contribution in [0, 0.1) is 13.8 Å². The van der Waals surface area contributed by atoms with Crippen LogP contribution in [-0.4, -0.2) is 33.8 Å². The van der Waals surface area contributed by atoms with Gasteiger partial charge >= 0.3 is 6.18 Å². The minimum Gasteiger partial charge on any atom is -0.507 e. The number of likely N-dealkylation sites (tertiary alicyclic amines) is 1. The number of Topliss-reactive ketones (excluding diaryl/α,β-unsaturated/α-hetero) is 1. The molecule has 1 unspecified atom stereocenters. The molecule has 0 radical (unpaired) electrons. The fourth-order valence-corrected chi connectivity index (χ4v) is 4.34. The Kier molecular flexibility index (Phi) is 6.58. The number of ether oxygens (including phenoxy) is 1. The lowest BCUT2D eigenvalue weighted by molar-refractivity contribution is -0.140. The number of alkyl halides is 3. The van der Waals surface area contributed by atoms with E-state index in [2.05, 4.69) is 4.98 Å². The normalized spacial score (nSPS) is 17.5. The lowest BCUT2D eigenvalue weighted by Crippen LogP contribution is -2.29. The highest BCUT2D eigenvalue weighted by atomic mass is 19.4. The average molecular weight is 496 g/mol. The number of nitrogens with zero attached hydrogens (tertiary/aromatic N) is 2. The molecule has 1 aliphatic rings. The summed E-state index contributed by atoms with van der Waals surface area (Å²) in [5.41, 5.74) is 1.09. The van der Waals surface area contributed by atoms with E-state index in [1.807, 2.05) is 0 Å². The molecule has 36 heavy (non-hydrogen) atoms. The van der Waals surface area contributed by atoms with Crippen molar-refractivity contribution in [3.63, 3.8) is 0 Å². The smallest absolute Gasteiger partial charge is 0.416 e. The van der Waals surface area contributed by atoms with E-state index in [4.69, 9.17) is 4.74 Å². The second-order valence-corrected chi connectivity index (χ2v) is 8.52. The third-order valence-corrected chi connectivity index (χ3v) is 6.11. The van der Waals surface area contributed by atoms with Gasteiger partial charge in [0.2, 0.25) is 0 Å². The van der Waals surface area contributed by atoms with Gasteiger partial charge < -0.3 is 14.7 Å². The zero-order valence-electron chi connectivity index (χ0n) is 19.8. The number of aliphatic hydroxyl groups excluding tert-OH is 1. The predicted molar refractivity (Wildman–Crippen MR) is 126 cm³/mol. The van der Waals surface area contributed by atoms with Gasteiger partial charge in [0.05, 0.1) is 23.9 Å². The number of aromatic nitrogens is 1. The first kappa shape index (κ1) is 25.0. The summed E-state index contributed by atoms with van der Waals surface area (Å²) in [5, 5.41) is 11.3. The summed E-state index contributed by atoms with van der Waals surface area (Å²) >= 11 is 0. The zero-order chi connectivity index (χ0) is 26.2. The number of hydrogen-bond donors (Lipinski definition) is 1. The fourth-order valence-electron chi connectivity index (χ4n) is 4.34. The Bertz CT molecular complexity index is 1370.